The molecule has 0 bridgehead atoms. The van der Waals surface area contributed by atoms with Gasteiger partial charge in [0, 0.05) is 13.0 Å². The molecule has 134 valence electrons. The number of carbonyl (C=O) groups is 2. The minimum absolute atomic E-state index is 0.0149. The molecule has 0 aromatic heterocycles. The maximum absolute atomic E-state index is 13.9. The lowest BCUT2D eigenvalue weighted by Crippen LogP contribution is -2.51. The second kappa shape index (κ2) is 5.80. The van der Waals surface area contributed by atoms with Crippen molar-refractivity contribution in [1.82, 2.24) is 9.80 Å². The quantitative estimate of drug-likeness (QED) is 0.841. The number of rotatable bonds is 3. The van der Waals surface area contributed by atoms with E-state index in [1.54, 1.807) is 23.1 Å². The maximum atomic E-state index is 13.9. The van der Waals surface area contributed by atoms with Crippen LogP contribution in [0.1, 0.15) is 32.3 Å². The van der Waals surface area contributed by atoms with Crippen LogP contribution in [-0.2, 0) is 20.7 Å². The predicted molar refractivity (Wildman–Crippen MR) is 89.0 cm³/mol. The Morgan fingerprint density at radius 2 is 2.16 bits per heavy atom. The number of likely N-dealkylation sites (tertiary alicyclic amines) is 1. The summed E-state index contributed by atoms with van der Waals surface area (Å²) in [5, 5.41) is 0. The first kappa shape index (κ1) is 16.5. The summed E-state index contributed by atoms with van der Waals surface area (Å²) in [6.07, 6.45) is 0.947. The SMILES string of the molecule is CC(C)[C@@H]1CO[C@@]23CCN(C(=O)Cc4ccccc4F)[C@@H]2CC(=O)N13. The van der Waals surface area contributed by atoms with E-state index in [0.717, 1.165) is 0 Å². The first-order chi connectivity index (χ1) is 11.9. The van der Waals surface area contributed by atoms with Crippen molar-refractivity contribution in [3.8, 4) is 0 Å². The summed E-state index contributed by atoms with van der Waals surface area (Å²) in [5.41, 5.74) is -0.279. The van der Waals surface area contributed by atoms with Crippen LogP contribution in [-0.4, -0.2) is 52.6 Å². The largest absolute Gasteiger partial charge is 0.351 e. The van der Waals surface area contributed by atoms with Crippen LogP contribution in [0.5, 0.6) is 0 Å². The van der Waals surface area contributed by atoms with Crippen molar-refractivity contribution < 1.29 is 18.7 Å². The van der Waals surface area contributed by atoms with Crippen LogP contribution in [0.2, 0.25) is 0 Å². The highest BCUT2D eigenvalue weighted by Gasteiger charge is 2.65. The monoisotopic (exact) mass is 346 g/mol. The topological polar surface area (TPSA) is 49.9 Å². The molecule has 3 saturated heterocycles. The number of ether oxygens (including phenoxy) is 1. The molecule has 4 rings (SSSR count). The van der Waals surface area contributed by atoms with Gasteiger partial charge in [0.1, 0.15) is 5.82 Å². The van der Waals surface area contributed by atoms with Gasteiger partial charge in [-0.3, -0.25) is 9.59 Å². The molecule has 1 aromatic rings. The van der Waals surface area contributed by atoms with E-state index in [0.29, 0.717) is 37.5 Å². The molecule has 6 heteroatoms. The summed E-state index contributed by atoms with van der Waals surface area (Å²) < 4.78 is 20.0. The molecule has 25 heavy (non-hydrogen) atoms. The zero-order chi connectivity index (χ0) is 17.8. The molecule has 3 heterocycles. The molecule has 2 amide bonds. The maximum Gasteiger partial charge on any atom is 0.227 e. The number of nitrogens with zero attached hydrogens (tertiary/aromatic N) is 2. The molecule has 3 fully saturated rings. The summed E-state index contributed by atoms with van der Waals surface area (Å²) >= 11 is 0. The Hall–Kier alpha value is -1.95. The van der Waals surface area contributed by atoms with E-state index in [4.69, 9.17) is 4.74 Å². The van der Waals surface area contributed by atoms with Crippen molar-refractivity contribution >= 4 is 11.8 Å². The number of amides is 2. The van der Waals surface area contributed by atoms with Gasteiger partial charge in [-0.15, -0.1) is 0 Å². The highest BCUT2D eigenvalue weighted by Crippen LogP contribution is 2.48. The van der Waals surface area contributed by atoms with Crippen LogP contribution >= 0.6 is 0 Å². The van der Waals surface area contributed by atoms with E-state index in [2.05, 4.69) is 13.8 Å². The highest BCUT2D eigenvalue weighted by atomic mass is 19.1. The van der Waals surface area contributed by atoms with Crippen LogP contribution in [0.15, 0.2) is 24.3 Å². The number of carbonyl (C=O) groups excluding carboxylic acids is 2. The van der Waals surface area contributed by atoms with Crippen molar-refractivity contribution in [3.63, 3.8) is 0 Å². The lowest BCUT2D eigenvalue weighted by molar-refractivity contribution is -0.141. The first-order valence-electron chi connectivity index (χ1n) is 8.93. The van der Waals surface area contributed by atoms with Crippen LogP contribution < -0.4 is 0 Å². The van der Waals surface area contributed by atoms with E-state index < -0.39 is 5.72 Å². The van der Waals surface area contributed by atoms with Crippen LogP contribution in [0.3, 0.4) is 0 Å². The Kier molecular flexibility index (Phi) is 3.83. The lowest BCUT2D eigenvalue weighted by Gasteiger charge is -2.34. The Balaban J connectivity index is 1.56. The Morgan fingerprint density at radius 3 is 2.88 bits per heavy atom. The highest BCUT2D eigenvalue weighted by molar-refractivity contribution is 5.85. The average molecular weight is 346 g/mol. The third-order valence-corrected chi connectivity index (χ3v) is 5.88. The molecule has 0 unspecified atom stereocenters. The smallest absolute Gasteiger partial charge is 0.227 e. The van der Waals surface area contributed by atoms with Crippen molar-refractivity contribution in [3.05, 3.63) is 35.6 Å². The van der Waals surface area contributed by atoms with Gasteiger partial charge in [-0.2, -0.15) is 0 Å². The van der Waals surface area contributed by atoms with Gasteiger partial charge in [0.25, 0.3) is 0 Å². The van der Waals surface area contributed by atoms with Crippen molar-refractivity contribution in [2.45, 2.75) is 50.9 Å². The van der Waals surface area contributed by atoms with Crippen molar-refractivity contribution in [1.29, 1.82) is 0 Å². The van der Waals surface area contributed by atoms with Gasteiger partial charge < -0.3 is 14.5 Å². The van der Waals surface area contributed by atoms with Gasteiger partial charge in [0.15, 0.2) is 5.72 Å². The van der Waals surface area contributed by atoms with E-state index in [1.807, 2.05) is 4.90 Å². The number of benzene rings is 1. The summed E-state index contributed by atoms with van der Waals surface area (Å²) in [6.45, 7) is 5.25. The van der Waals surface area contributed by atoms with E-state index in [1.165, 1.54) is 6.07 Å². The van der Waals surface area contributed by atoms with Crippen LogP contribution in [0.25, 0.3) is 0 Å². The van der Waals surface area contributed by atoms with Gasteiger partial charge in [0.05, 0.1) is 31.5 Å². The van der Waals surface area contributed by atoms with Crippen LogP contribution in [0.4, 0.5) is 4.39 Å². The molecule has 0 radical (unpaired) electrons. The zero-order valence-electron chi connectivity index (χ0n) is 14.6. The molecule has 0 N–H and O–H groups in total. The third-order valence-electron chi connectivity index (χ3n) is 5.88. The number of hydrogen-bond acceptors (Lipinski definition) is 3. The fourth-order valence-corrected chi connectivity index (χ4v) is 4.58. The first-order valence-corrected chi connectivity index (χ1v) is 8.93. The molecular weight excluding hydrogens is 323 g/mol. The van der Waals surface area contributed by atoms with Gasteiger partial charge in [-0.25, -0.2) is 4.39 Å². The molecule has 3 aliphatic rings. The molecule has 1 spiro atoms. The standard InChI is InChI=1S/C19H23FN2O3/c1-12(2)15-11-25-19-7-8-21(16(19)10-18(24)22(15)19)17(23)9-13-5-3-4-6-14(13)20/h3-6,12,15-16H,7-11H2,1-2H3/t15-,16+,19-/m0/s1. The lowest BCUT2D eigenvalue weighted by atomic mass is 10.0. The van der Waals surface area contributed by atoms with Crippen molar-refractivity contribution in [2.75, 3.05) is 13.2 Å². The molecule has 3 aliphatic heterocycles. The molecule has 3 atom stereocenters. The minimum Gasteiger partial charge on any atom is -0.351 e. The fourth-order valence-electron chi connectivity index (χ4n) is 4.58. The van der Waals surface area contributed by atoms with Gasteiger partial charge in [0.2, 0.25) is 11.8 Å². The third kappa shape index (κ3) is 2.38. The Bertz CT molecular complexity index is 722. The van der Waals surface area contributed by atoms with Gasteiger partial charge in [-0.05, 0) is 17.5 Å². The Labute approximate surface area is 146 Å². The van der Waals surface area contributed by atoms with E-state index in [9.17, 15) is 14.0 Å². The second-order valence-electron chi connectivity index (χ2n) is 7.56. The molecule has 0 aliphatic carbocycles. The molecular formula is C19H23FN2O3. The van der Waals surface area contributed by atoms with Crippen molar-refractivity contribution in [2.24, 2.45) is 5.92 Å². The zero-order valence-corrected chi connectivity index (χ0v) is 14.6. The molecule has 0 saturated carbocycles. The molecule has 5 nitrogen and oxygen atoms in total. The van der Waals surface area contributed by atoms with Crippen LogP contribution in [0, 0.1) is 11.7 Å². The average Bonchev–Trinajstić information content (AvgIpc) is 3.19. The summed E-state index contributed by atoms with van der Waals surface area (Å²) in [7, 11) is 0. The minimum atomic E-state index is -0.670. The summed E-state index contributed by atoms with van der Waals surface area (Å²) in [5.74, 6) is -0.140. The number of halogens is 1. The summed E-state index contributed by atoms with van der Waals surface area (Å²) in [6, 6.07) is 6.14. The number of hydrogen-bond donors (Lipinski definition) is 0. The molecule has 1 aromatic carbocycles. The van der Waals surface area contributed by atoms with Gasteiger partial charge in [-0.1, -0.05) is 32.0 Å². The fraction of sp³-hybridized carbons (Fsp3) is 0.579. The Morgan fingerprint density at radius 1 is 1.40 bits per heavy atom. The predicted octanol–water partition coefficient (Wildman–Crippen LogP) is 1.95. The summed E-state index contributed by atoms with van der Waals surface area (Å²) in [4.78, 5) is 29.0. The van der Waals surface area contributed by atoms with E-state index >= 15 is 0 Å². The normalized spacial score (nSPS) is 31.0. The van der Waals surface area contributed by atoms with Gasteiger partial charge >= 0.3 is 0 Å². The second-order valence-corrected chi connectivity index (χ2v) is 7.56. The van der Waals surface area contributed by atoms with E-state index in [-0.39, 0.29) is 36.1 Å².